The van der Waals surface area contributed by atoms with Crippen molar-refractivity contribution in [3.63, 3.8) is 0 Å². The number of para-hydroxylation sites is 1. The molecule has 0 unspecified atom stereocenters. The van der Waals surface area contributed by atoms with Gasteiger partial charge in [-0.2, -0.15) is 0 Å². The van der Waals surface area contributed by atoms with E-state index in [-0.39, 0.29) is 18.9 Å². The lowest BCUT2D eigenvalue weighted by atomic mass is 10.1. The number of methoxy groups -OCH3 is 1. The van der Waals surface area contributed by atoms with Gasteiger partial charge in [-0.25, -0.2) is 0 Å². The van der Waals surface area contributed by atoms with Crippen LogP contribution in [0.4, 0.5) is 0 Å². The molecule has 0 spiro atoms. The number of amides is 1. The Morgan fingerprint density at radius 1 is 1.26 bits per heavy atom. The third-order valence-electron chi connectivity index (χ3n) is 2.52. The molecule has 5 heteroatoms. The van der Waals surface area contributed by atoms with Crippen molar-refractivity contribution in [1.29, 1.82) is 0 Å². The van der Waals surface area contributed by atoms with Gasteiger partial charge in [0.1, 0.15) is 12.2 Å². The second kappa shape index (κ2) is 8.13. The molecule has 1 rings (SSSR count). The number of hydrogen-bond acceptors (Lipinski definition) is 4. The molecule has 0 aliphatic carbocycles. The van der Waals surface area contributed by atoms with E-state index in [1.54, 1.807) is 14.0 Å². The highest BCUT2D eigenvalue weighted by Gasteiger charge is 2.09. The number of carbonyl (C=O) groups excluding carboxylic acids is 2. The van der Waals surface area contributed by atoms with E-state index in [0.717, 1.165) is 11.3 Å². The summed E-state index contributed by atoms with van der Waals surface area (Å²) in [7, 11) is 1.61. The molecule has 1 aromatic rings. The fraction of sp³-hybridized carbons (Fsp3) is 0.429. The standard InChI is InChI=1S/C14H19NO4/c1-3-19-14(17)10-13(16)15-9-8-11-6-4-5-7-12(11)18-2/h4-7H,3,8-10H2,1-2H3,(H,15,16). The Morgan fingerprint density at radius 3 is 2.68 bits per heavy atom. The van der Waals surface area contributed by atoms with Crippen molar-refractivity contribution in [3.8, 4) is 5.75 Å². The molecule has 0 aliphatic heterocycles. The van der Waals surface area contributed by atoms with Crippen LogP contribution in [0.2, 0.25) is 0 Å². The Morgan fingerprint density at radius 2 is 2.00 bits per heavy atom. The second-order valence-corrected chi connectivity index (χ2v) is 3.89. The first-order valence-electron chi connectivity index (χ1n) is 6.21. The maximum Gasteiger partial charge on any atom is 0.315 e. The first-order chi connectivity index (χ1) is 9.17. The van der Waals surface area contributed by atoms with Gasteiger partial charge in [0.15, 0.2) is 0 Å². The Hall–Kier alpha value is -2.04. The lowest BCUT2D eigenvalue weighted by Crippen LogP contribution is -2.28. The molecule has 0 atom stereocenters. The van der Waals surface area contributed by atoms with Crippen molar-refractivity contribution in [2.75, 3.05) is 20.3 Å². The van der Waals surface area contributed by atoms with E-state index in [9.17, 15) is 9.59 Å². The van der Waals surface area contributed by atoms with Gasteiger partial charge in [-0.05, 0) is 25.0 Å². The van der Waals surface area contributed by atoms with Crippen LogP contribution in [0.5, 0.6) is 5.75 Å². The molecule has 104 valence electrons. The fourth-order valence-electron chi connectivity index (χ4n) is 1.65. The molecule has 0 heterocycles. The van der Waals surface area contributed by atoms with E-state index >= 15 is 0 Å². The number of rotatable bonds is 7. The van der Waals surface area contributed by atoms with Crippen LogP contribution in [0.25, 0.3) is 0 Å². The van der Waals surface area contributed by atoms with E-state index in [1.807, 2.05) is 24.3 Å². The number of carbonyl (C=O) groups is 2. The molecule has 0 aliphatic rings. The topological polar surface area (TPSA) is 64.6 Å². The van der Waals surface area contributed by atoms with E-state index in [0.29, 0.717) is 13.0 Å². The summed E-state index contributed by atoms with van der Waals surface area (Å²) in [6.45, 7) is 2.45. The molecular weight excluding hydrogens is 246 g/mol. The summed E-state index contributed by atoms with van der Waals surface area (Å²) in [6.07, 6.45) is 0.415. The highest BCUT2D eigenvalue weighted by Crippen LogP contribution is 2.17. The molecule has 0 radical (unpaired) electrons. The number of hydrogen-bond donors (Lipinski definition) is 1. The van der Waals surface area contributed by atoms with Gasteiger partial charge >= 0.3 is 5.97 Å². The average molecular weight is 265 g/mol. The largest absolute Gasteiger partial charge is 0.496 e. The van der Waals surface area contributed by atoms with Gasteiger partial charge in [0, 0.05) is 6.54 Å². The van der Waals surface area contributed by atoms with E-state index in [1.165, 1.54) is 0 Å². The van der Waals surface area contributed by atoms with Crippen molar-refractivity contribution >= 4 is 11.9 Å². The molecule has 0 saturated carbocycles. The van der Waals surface area contributed by atoms with Gasteiger partial charge in [-0.15, -0.1) is 0 Å². The Balaban J connectivity index is 2.33. The molecule has 0 fully saturated rings. The van der Waals surface area contributed by atoms with Gasteiger partial charge in [0.05, 0.1) is 13.7 Å². The highest BCUT2D eigenvalue weighted by atomic mass is 16.5. The zero-order valence-corrected chi connectivity index (χ0v) is 11.3. The third kappa shape index (κ3) is 5.42. The highest BCUT2D eigenvalue weighted by molar-refractivity contribution is 5.94. The molecular formula is C14H19NO4. The molecule has 0 saturated heterocycles. The van der Waals surface area contributed by atoms with E-state index < -0.39 is 5.97 Å². The molecule has 1 amide bonds. The average Bonchev–Trinajstić information content (AvgIpc) is 2.39. The normalized spacial score (nSPS) is 9.79. The van der Waals surface area contributed by atoms with Crippen LogP contribution in [-0.4, -0.2) is 32.1 Å². The summed E-state index contributed by atoms with van der Waals surface area (Å²) in [6, 6.07) is 7.62. The summed E-state index contributed by atoms with van der Waals surface area (Å²) in [5, 5.41) is 2.68. The van der Waals surface area contributed by atoms with Gasteiger partial charge < -0.3 is 14.8 Å². The minimum Gasteiger partial charge on any atom is -0.496 e. The van der Waals surface area contributed by atoms with Crippen LogP contribution in [0.15, 0.2) is 24.3 Å². The summed E-state index contributed by atoms with van der Waals surface area (Å²) >= 11 is 0. The first-order valence-corrected chi connectivity index (χ1v) is 6.21. The predicted molar refractivity (Wildman–Crippen MR) is 71.0 cm³/mol. The Kier molecular flexibility index (Phi) is 6.43. The van der Waals surface area contributed by atoms with Gasteiger partial charge in [0.25, 0.3) is 0 Å². The first kappa shape index (κ1) is 15.0. The lowest BCUT2D eigenvalue weighted by Gasteiger charge is -2.09. The number of benzene rings is 1. The van der Waals surface area contributed by atoms with Gasteiger partial charge in [0.2, 0.25) is 5.91 Å². The van der Waals surface area contributed by atoms with E-state index in [4.69, 9.17) is 9.47 Å². The minimum absolute atomic E-state index is 0.236. The lowest BCUT2D eigenvalue weighted by molar-refractivity contribution is -0.145. The molecule has 19 heavy (non-hydrogen) atoms. The van der Waals surface area contributed by atoms with Crippen molar-refractivity contribution in [2.24, 2.45) is 0 Å². The third-order valence-corrected chi connectivity index (χ3v) is 2.52. The summed E-state index contributed by atoms with van der Waals surface area (Å²) in [5.41, 5.74) is 1.02. The zero-order valence-electron chi connectivity index (χ0n) is 11.3. The Bertz CT molecular complexity index is 431. The SMILES string of the molecule is CCOC(=O)CC(=O)NCCc1ccccc1OC. The van der Waals surface area contributed by atoms with Crippen LogP contribution >= 0.6 is 0 Å². The van der Waals surface area contributed by atoms with Crippen LogP contribution < -0.4 is 10.1 Å². The monoisotopic (exact) mass is 265 g/mol. The van der Waals surface area contributed by atoms with Gasteiger partial charge in [-0.1, -0.05) is 18.2 Å². The predicted octanol–water partition coefficient (Wildman–Crippen LogP) is 1.31. The van der Waals surface area contributed by atoms with Crippen LogP contribution in [0.3, 0.4) is 0 Å². The summed E-state index contributed by atoms with van der Waals surface area (Å²) in [5.74, 6) is -0.0345. The maximum atomic E-state index is 11.4. The van der Waals surface area contributed by atoms with Crippen LogP contribution in [0, 0.1) is 0 Å². The Labute approximate surface area is 112 Å². The molecule has 1 N–H and O–H groups in total. The van der Waals surface area contributed by atoms with Crippen molar-refractivity contribution in [1.82, 2.24) is 5.32 Å². The number of ether oxygens (including phenoxy) is 2. The van der Waals surface area contributed by atoms with E-state index in [2.05, 4.69) is 5.32 Å². The molecule has 0 aromatic heterocycles. The van der Waals surface area contributed by atoms with Crippen LogP contribution in [-0.2, 0) is 20.7 Å². The summed E-state index contributed by atoms with van der Waals surface area (Å²) < 4.78 is 9.91. The quantitative estimate of drug-likeness (QED) is 0.596. The molecule has 1 aromatic carbocycles. The van der Waals surface area contributed by atoms with Gasteiger partial charge in [-0.3, -0.25) is 9.59 Å². The van der Waals surface area contributed by atoms with Crippen LogP contribution in [0.1, 0.15) is 18.9 Å². The second-order valence-electron chi connectivity index (χ2n) is 3.89. The zero-order chi connectivity index (χ0) is 14.1. The molecule has 5 nitrogen and oxygen atoms in total. The number of nitrogens with one attached hydrogen (secondary N) is 1. The molecule has 0 bridgehead atoms. The number of esters is 1. The van der Waals surface area contributed by atoms with Crippen molar-refractivity contribution in [3.05, 3.63) is 29.8 Å². The summed E-state index contributed by atoms with van der Waals surface area (Å²) in [4.78, 5) is 22.5. The van der Waals surface area contributed by atoms with Crippen molar-refractivity contribution in [2.45, 2.75) is 19.8 Å². The smallest absolute Gasteiger partial charge is 0.315 e. The van der Waals surface area contributed by atoms with Crippen molar-refractivity contribution < 1.29 is 19.1 Å². The minimum atomic E-state index is -0.503. The maximum absolute atomic E-state index is 11.4. The fourth-order valence-corrected chi connectivity index (χ4v) is 1.65.